The molecule has 0 saturated heterocycles. The Kier molecular flexibility index (Phi) is 4.80. The Hall–Kier alpha value is -1.80. The molecule has 0 aliphatic heterocycles. The minimum atomic E-state index is -0.0366. The summed E-state index contributed by atoms with van der Waals surface area (Å²) in [6.45, 7) is 5.56. The van der Waals surface area contributed by atoms with Crippen LogP contribution < -0.4 is 10.5 Å². The van der Waals surface area contributed by atoms with Crippen molar-refractivity contribution >= 4 is 0 Å². The van der Waals surface area contributed by atoms with E-state index >= 15 is 0 Å². The number of benzene rings is 2. The Bertz CT molecular complexity index is 538. The zero-order valence-corrected chi connectivity index (χ0v) is 12.3. The normalized spacial score (nSPS) is 13.8. The zero-order chi connectivity index (χ0) is 14.4. The van der Waals surface area contributed by atoms with Gasteiger partial charge in [-0.1, -0.05) is 49.4 Å². The number of rotatable bonds is 6. The van der Waals surface area contributed by atoms with Gasteiger partial charge in [-0.05, 0) is 36.6 Å². The van der Waals surface area contributed by atoms with E-state index in [9.17, 15) is 0 Å². The first kappa shape index (κ1) is 14.6. The van der Waals surface area contributed by atoms with Crippen LogP contribution in [0, 0.1) is 6.92 Å². The lowest BCUT2D eigenvalue weighted by atomic mass is 9.80. The van der Waals surface area contributed by atoms with Crippen molar-refractivity contribution in [1.82, 2.24) is 0 Å². The Labute approximate surface area is 121 Å². The minimum Gasteiger partial charge on any atom is -0.494 e. The van der Waals surface area contributed by atoms with Crippen molar-refractivity contribution in [1.29, 1.82) is 0 Å². The third kappa shape index (κ3) is 3.61. The first-order valence-corrected chi connectivity index (χ1v) is 7.09. The Morgan fingerprint density at radius 3 is 2.45 bits per heavy atom. The van der Waals surface area contributed by atoms with Crippen molar-refractivity contribution in [2.24, 2.45) is 5.73 Å². The van der Waals surface area contributed by atoms with Gasteiger partial charge in [0, 0.05) is 12.0 Å². The van der Waals surface area contributed by atoms with Crippen LogP contribution in [-0.4, -0.2) is 13.2 Å². The molecule has 0 saturated carbocycles. The third-order valence-corrected chi connectivity index (χ3v) is 3.83. The van der Waals surface area contributed by atoms with Crippen molar-refractivity contribution < 1.29 is 4.74 Å². The Morgan fingerprint density at radius 1 is 1.05 bits per heavy atom. The van der Waals surface area contributed by atoms with Crippen LogP contribution in [0.4, 0.5) is 0 Å². The van der Waals surface area contributed by atoms with Crippen molar-refractivity contribution in [2.45, 2.75) is 25.7 Å². The minimum absolute atomic E-state index is 0.0366. The van der Waals surface area contributed by atoms with E-state index in [4.69, 9.17) is 10.5 Å². The second-order valence-electron chi connectivity index (χ2n) is 5.55. The lowest BCUT2D eigenvalue weighted by molar-refractivity contribution is 0.266. The van der Waals surface area contributed by atoms with Gasteiger partial charge in [-0.2, -0.15) is 0 Å². The van der Waals surface area contributed by atoms with Crippen LogP contribution in [0.5, 0.6) is 5.75 Å². The Morgan fingerprint density at radius 2 is 1.80 bits per heavy atom. The molecule has 1 unspecified atom stereocenters. The van der Waals surface area contributed by atoms with Crippen molar-refractivity contribution in [3.63, 3.8) is 0 Å². The predicted octanol–water partition coefficient (Wildman–Crippen LogP) is 3.68. The molecule has 2 heteroatoms. The number of hydrogen-bond acceptors (Lipinski definition) is 2. The van der Waals surface area contributed by atoms with Gasteiger partial charge in [0.2, 0.25) is 0 Å². The molecule has 0 aromatic heterocycles. The summed E-state index contributed by atoms with van der Waals surface area (Å²) in [5, 5.41) is 0. The molecule has 106 valence electrons. The molecular formula is C18H23NO. The van der Waals surface area contributed by atoms with Crippen molar-refractivity contribution in [3.05, 3.63) is 65.7 Å². The third-order valence-electron chi connectivity index (χ3n) is 3.83. The SMILES string of the molecule is Cc1cccc(OCCC(C)(CN)c2ccccc2)c1. The number of ether oxygens (including phenoxy) is 1. The highest BCUT2D eigenvalue weighted by Crippen LogP contribution is 2.26. The quantitative estimate of drug-likeness (QED) is 0.868. The average Bonchev–Trinajstić information content (AvgIpc) is 2.48. The second-order valence-corrected chi connectivity index (χ2v) is 5.55. The molecule has 2 aromatic rings. The molecule has 0 fully saturated rings. The molecule has 0 aliphatic carbocycles. The maximum atomic E-state index is 5.99. The lowest BCUT2D eigenvalue weighted by Gasteiger charge is -2.28. The average molecular weight is 269 g/mol. The molecule has 2 rings (SSSR count). The maximum absolute atomic E-state index is 5.99. The molecule has 0 amide bonds. The van der Waals surface area contributed by atoms with Gasteiger partial charge in [-0.3, -0.25) is 0 Å². The number of hydrogen-bond donors (Lipinski definition) is 1. The van der Waals surface area contributed by atoms with E-state index in [1.807, 2.05) is 18.2 Å². The first-order valence-electron chi connectivity index (χ1n) is 7.09. The summed E-state index contributed by atoms with van der Waals surface area (Å²) in [5.74, 6) is 0.928. The molecular weight excluding hydrogens is 246 g/mol. The summed E-state index contributed by atoms with van der Waals surface area (Å²) < 4.78 is 5.85. The van der Waals surface area contributed by atoms with Crippen molar-refractivity contribution in [2.75, 3.05) is 13.2 Å². The molecule has 0 radical (unpaired) electrons. The fourth-order valence-electron chi connectivity index (χ4n) is 2.30. The molecule has 0 aliphatic rings. The van der Waals surface area contributed by atoms with Gasteiger partial charge < -0.3 is 10.5 Å². The summed E-state index contributed by atoms with van der Waals surface area (Å²) in [4.78, 5) is 0. The van der Waals surface area contributed by atoms with Crippen LogP contribution in [0.1, 0.15) is 24.5 Å². The summed E-state index contributed by atoms with van der Waals surface area (Å²) in [7, 11) is 0. The standard InChI is InChI=1S/C18H23NO/c1-15-7-6-10-17(13-15)20-12-11-18(2,14-19)16-8-4-3-5-9-16/h3-10,13H,11-12,14,19H2,1-2H3. The van der Waals surface area contributed by atoms with E-state index in [1.165, 1.54) is 11.1 Å². The van der Waals surface area contributed by atoms with Gasteiger partial charge in [0.25, 0.3) is 0 Å². The maximum Gasteiger partial charge on any atom is 0.119 e. The molecule has 2 nitrogen and oxygen atoms in total. The second kappa shape index (κ2) is 6.58. The largest absolute Gasteiger partial charge is 0.494 e. The highest BCUT2D eigenvalue weighted by molar-refractivity contribution is 5.28. The van der Waals surface area contributed by atoms with Crippen LogP contribution in [-0.2, 0) is 5.41 Å². The van der Waals surface area contributed by atoms with Crippen LogP contribution in [0.3, 0.4) is 0 Å². The molecule has 0 bridgehead atoms. The van der Waals surface area contributed by atoms with Gasteiger partial charge in [0.05, 0.1) is 6.61 Å². The zero-order valence-electron chi connectivity index (χ0n) is 12.3. The predicted molar refractivity (Wildman–Crippen MR) is 84.1 cm³/mol. The smallest absolute Gasteiger partial charge is 0.119 e. The summed E-state index contributed by atoms with van der Waals surface area (Å²) in [6, 6.07) is 18.6. The molecule has 0 spiro atoms. The number of aryl methyl sites for hydroxylation is 1. The fourth-order valence-corrected chi connectivity index (χ4v) is 2.30. The lowest BCUT2D eigenvalue weighted by Crippen LogP contribution is -2.33. The van der Waals surface area contributed by atoms with Crippen LogP contribution in [0.25, 0.3) is 0 Å². The molecule has 2 aromatic carbocycles. The van der Waals surface area contributed by atoms with Gasteiger partial charge in [0.15, 0.2) is 0 Å². The molecule has 1 atom stereocenters. The van der Waals surface area contributed by atoms with Gasteiger partial charge in [-0.25, -0.2) is 0 Å². The fraction of sp³-hybridized carbons (Fsp3) is 0.333. The van der Waals surface area contributed by atoms with Crippen LogP contribution in [0.2, 0.25) is 0 Å². The van der Waals surface area contributed by atoms with E-state index in [0.717, 1.165) is 12.2 Å². The van der Waals surface area contributed by atoms with Crippen molar-refractivity contribution in [3.8, 4) is 5.75 Å². The molecule has 0 heterocycles. The van der Waals surface area contributed by atoms with Crippen LogP contribution >= 0.6 is 0 Å². The monoisotopic (exact) mass is 269 g/mol. The molecule has 2 N–H and O–H groups in total. The van der Waals surface area contributed by atoms with E-state index < -0.39 is 0 Å². The summed E-state index contributed by atoms with van der Waals surface area (Å²) in [5.41, 5.74) is 8.44. The topological polar surface area (TPSA) is 35.2 Å². The highest BCUT2D eigenvalue weighted by atomic mass is 16.5. The molecule has 20 heavy (non-hydrogen) atoms. The van der Waals surface area contributed by atoms with E-state index in [0.29, 0.717) is 13.2 Å². The van der Waals surface area contributed by atoms with Gasteiger partial charge >= 0.3 is 0 Å². The van der Waals surface area contributed by atoms with E-state index in [2.05, 4.69) is 50.2 Å². The Balaban J connectivity index is 1.98. The highest BCUT2D eigenvalue weighted by Gasteiger charge is 2.24. The van der Waals surface area contributed by atoms with Gasteiger partial charge in [-0.15, -0.1) is 0 Å². The van der Waals surface area contributed by atoms with E-state index in [1.54, 1.807) is 0 Å². The summed E-state index contributed by atoms with van der Waals surface area (Å²) >= 11 is 0. The van der Waals surface area contributed by atoms with E-state index in [-0.39, 0.29) is 5.41 Å². The number of nitrogens with two attached hydrogens (primary N) is 1. The summed E-state index contributed by atoms with van der Waals surface area (Å²) in [6.07, 6.45) is 0.904. The first-order chi connectivity index (χ1) is 9.64. The van der Waals surface area contributed by atoms with Gasteiger partial charge in [0.1, 0.15) is 5.75 Å². The van der Waals surface area contributed by atoms with Crippen LogP contribution in [0.15, 0.2) is 54.6 Å².